The molecule has 30 heavy (non-hydrogen) atoms. The van der Waals surface area contributed by atoms with Crippen LogP contribution in [-0.2, 0) is 19.1 Å². The second-order valence-electron chi connectivity index (χ2n) is 11.1. The first-order valence-corrected chi connectivity index (χ1v) is 11.5. The SMILES string of the molecule is CC(=O)OCC(=O)[C@@]1(O)CC[C@H]2[C@@H]3CCC4CC(=O)C(C)C[C@]4(C)[C@H]3[C@@H](O)C[C@@]21C. The van der Waals surface area contributed by atoms with Gasteiger partial charge in [-0.05, 0) is 67.6 Å². The first kappa shape index (κ1) is 21.9. The highest BCUT2D eigenvalue weighted by atomic mass is 16.5. The summed E-state index contributed by atoms with van der Waals surface area (Å²) in [6, 6.07) is 0. The zero-order valence-corrected chi connectivity index (χ0v) is 18.6. The molecule has 0 heterocycles. The highest BCUT2D eigenvalue weighted by Crippen LogP contribution is 2.68. The number of aliphatic hydroxyl groups excluding tert-OH is 1. The molecule has 0 aliphatic heterocycles. The first-order valence-electron chi connectivity index (χ1n) is 11.5. The third-order valence-electron chi connectivity index (χ3n) is 9.76. The highest BCUT2D eigenvalue weighted by molar-refractivity contribution is 5.91. The summed E-state index contributed by atoms with van der Waals surface area (Å²) in [6.45, 7) is 7.04. The molecule has 2 unspecified atom stereocenters. The van der Waals surface area contributed by atoms with Crippen LogP contribution in [0.25, 0.3) is 0 Å². The van der Waals surface area contributed by atoms with Crippen molar-refractivity contribution in [3.8, 4) is 0 Å². The lowest BCUT2D eigenvalue weighted by molar-refractivity contribution is -0.202. The number of esters is 1. The number of hydrogen-bond acceptors (Lipinski definition) is 6. The van der Waals surface area contributed by atoms with E-state index in [0.29, 0.717) is 31.0 Å². The van der Waals surface area contributed by atoms with Crippen molar-refractivity contribution >= 4 is 17.5 Å². The molecule has 4 aliphatic carbocycles. The molecule has 4 fully saturated rings. The van der Waals surface area contributed by atoms with Crippen LogP contribution in [0.15, 0.2) is 0 Å². The summed E-state index contributed by atoms with van der Waals surface area (Å²) in [5, 5.41) is 22.9. The maximum atomic E-state index is 12.9. The fraction of sp³-hybridized carbons (Fsp3) is 0.875. The van der Waals surface area contributed by atoms with Gasteiger partial charge in [0, 0.05) is 24.7 Å². The quantitative estimate of drug-likeness (QED) is 0.681. The van der Waals surface area contributed by atoms with E-state index in [0.717, 1.165) is 25.7 Å². The van der Waals surface area contributed by atoms with Gasteiger partial charge in [-0.3, -0.25) is 14.4 Å². The fourth-order valence-corrected chi connectivity index (χ4v) is 8.28. The summed E-state index contributed by atoms with van der Waals surface area (Å²) in [6.07, 6.45) is 4.16. The van der Waals surface area contributed by atoms with Gasteiger partial charge >= 0.3 is 5.97 Å². The summed E-state index contributed by atoms with van der Waals surface area (Å²) in [5.74, 6) is 0.156. The zero-order valence-electron chi connectivity index (χ0n) is 18.6. The van der Waals surface area contributed by atoms with E-state index in [2.05, 4.69) is 6.92 Å². The van der Waals surface area contributed by atoms with Crippen LogP contribution in [0.5, 0.6) is 0 Å². The van der Waals surface area contributed by atoms with Crippen molar-refractivity contribution < 1.29 is 29.3 Å². The van der Waals surface area contributed by atoms with E-state index in [4.69, 9.17) is 4.74 Å². The number of carbonyl (C=O) groups is 3. The molecule has 2 N–H and O–H groups in total. The topological polar surface area (TPSA) is 101 Å². The van der Waals surface area contributed by atoms with Gasteiger partial charge in [0.1, 0.15) is 11.4 Å². The summed E-state index contributed by atoms with van der Waals surface area (Å²) in [5.41, 5.74) is -2.39. The van der Waals surface area contributed by atoms with Gasteiger partial charge in [-0.2, -0.15) is 0 Å². The average molecular weight is 421 g/mol. The number of ketones is 2. The van der Waals surface area contributed by atoms with Gasteiger partial charge in [0.15, 0.2) is 6.61 Å². The molecule has 0 saturated heterocycles. The lowest BCUT2D eigenvalue weighted by Gasteiger charge is -2.62. The highest BCUT2D eigenvalue weighted by Gasteiger charge is 2.69. The molecular formula is C24H36O6. The van der Waals surface area contributed by atoms with E-state index >= 15 is 0 Å². The molecular weight excluding hydrogens is 384 g/mol. The Bertz CT molecular complexity index is 763. The second kappa shape index (κ2) is 7.13. The van der Waals surface area contributed by atoms with Crippen LogP contribution in [0.1, 0.15) is 72.6 Å². The first-order chi connectivity index (χ1) is 13.9. The number of carbonyl (C=O) groups excluding carboxylic acids is 3. The van der Waals surface area contributed by atoms with Crippen LogP contribution < -0.4 is 0 Å². The third-order valence-corrected chi connectivity index (χ3v) is 9.76. The average Bonchev–Trinajstić information content (AvgIpc) is 2.92. The predicted octanol–water partition coefficient (Wildman–Crippen LogP) is 2.68. The molecule has 0 bridgehead atoms. The third kappa shape index (κ3) is 2.93. The van der Waals surface area contributed by atoms with Gasteiger partial charge in [-0.15, -0.1) is 0 Å². The minimum atomic E-state index is -1.58. The fourth-order valence-electron chi connectivity index (χ4n) is 8.28. The Morgan fingerprint density at radius 2 is 1.87 bits per heavy atom. The largest absolute Gasteiger partial charge is 0.458 e. The van der Waals surface area contributed by atoms with E-state index in [1.165, 1.54) is 6.92 Å². The Kier molecular flexibility index (Phi) is 5.21. The van der Waals surface area contributed by atoms with Gasteiger partial charge in [0.05, 0.1) is 6.10 Å². The van der Waals surface area contributed by atoms with Crippen molar-refractivity contribution in [2.75, 3.05) is 6.61 Å². The van der Waals surface area contributed by atoms with Crippen molar-refractivity contribution in [1.82, 2.24) is 0 Å². The van der Waals surface area contributed by atoms with Crippen molar-refractivity contribution in [2.45, 2.75) is 84.3 Å². The summed E-state index contributed by atoms with van der Waals surface area (Å²) in [7, 11) is 0. The Morgan fingerprint density at radius 1 is 1.17 bits per heavy atom. The summed E-state index contributed by atoms with van der Waals surface area (Å²) < 4.78 is 4.91. The van der Waals surface area contributed by atoms with Crippen LogP contribution in [0.2, 0.25) is 0 Å². The molecule has 6 nitrogen and oxygen atoms in total. The van der Waals surface area contributed by atoms with Crippen molar-refractivity contribution in [3.63, 3.8) is 0 Å². The molecule has 0 aromatic carbocycles. The normalized spacial score (nSPS) is 50.3. The summed E-state index contributed by atoms with van der Waals surface area (Å²) >= 11 is 0. The Labute approximate surface area is 178 Å². The van der Waals surface area contributed by atoms with Gasteiger partial charge in [0.2, 0.25) is 5.78 Å². The number of Topliss-reactive ketones (excluding diaryl/α,β-unsaturated/α-hetero) is 2. The number of aliphatic hydroxyl groups is 2. The molecule has 4 saturated carbocycles. The minimum Gasteiger partial charge on any atom is -0.458 e. The van der Waals surface area contributed by atoms with E-state index in [-0.39, 0.29) is 29.1 Å². The lowest BCUT2D eigenvalue weighted by atomic mass is 9.43. The molecule has 0 aromatic rings. The van der Waals surface area contributed by atoms with Gasteiger partial charge in [-0.25, -0.2) is 0 Å². The van der Waals surface area contributed by atoms with E-state index in [9.17, 15) is 24.6 Å². The van der Waals surface area contributed by atoms with Crippen molar-refractivity contribution in [1.29, 1.82) is 0 Å². The van der Waals surface area contributed by atoms with Crippen LogP contribution >= 0.6 is 0 Å². The van der Waals surface area contributed by atoms with Gasteiger partial charge < -0.3 is 14.9 Å². The maximum absolute atomic E-state index is 12.9. The maximum Gasteiger partial charge on any atom is 0.303 e. The molecule has 168 valence electrons. The van der Waals surface area contributed by atoms with Crippen LogP contribution in [0.3, 0.4) is 0 Å². The lowest BCUT2D eigenvalue weighted by Crippen LogP contribution is -2.63. The standard InChI is InChI=1S/C24H36O6/c1-13-10-22(3)15(9-18(13)26)5-6-16-17-7-8-24(29,20(28)12-30-14(2)25)23(17,4)11-19(27)21(16)22/h13,15-17,19,21,27,29H,5-12H2,1-4H3/t13?,15?,16-,17-,19-,21+,22-,23-,24-/m0/s1. The number of ether oxygens (including phenoxy) is 1. The Balaban J connectivity index is 1.64. The molecule has 0 spiro atoms. The van der Waals surface area contributed by atoms with Crippen LogP contribution in [0, 0.1) is 40.4 Å². The number of rotatable bonds is 3. The van der Waals surface area contributed by atoms with Crippen molar-refractivity contribution in [3.05, 3.63) is 0 Å². The van der Waals surface area contributed by atoms with E-state index in [1.807, 2.05) is 13.8 Å². The van der Waals surface area contributed by atoms with Crippen LogP contribution in [-0.4, -0.2) is 46.1 Å². The molecule has 4 aliphatic rings. The monoisotopic (exact) mass is 420 g/mol. The molecule has 4 rings (SSSR count). The zero-order chi connectivity index (χ0) is 22.1. The number of fused-ring (bicyclic) bond motifs is 5. The molecule has 6 heteroatoms. The molecule has 0 aromatic heterocycles. The second-order valence-corrected chi connectivity index (χ2v) is 11.1. The molecule has 0 radical (unpaired) electrons. The van der Waals surface area contributed by atoms with E-state index in [1.54, 1.807) is 0 Å². The van der Waals surface area contributed by atoms with Crippen molar-refractivity contribution in [2.24, 2.45) is 40.4 Å². The minimum absolute atomic E-state index is 0.0244. The van der Waals surface area contributed by atoms with Gasteiger partial charge in [0.25, 0.3) is 0 Å². The molecule has 9 atom stereocenters. The predicted molar refractivity (Wildman–Crippen MR) is 109 cm³/mol. The number of hydrogen-bond donors (Lipinski definition) is 2. The van der Waals surface area contributed by atoms with E-state index < -0.39 is 35.5 Å². The molecule has 0 amide bonds. The van der Waals surface area contributed by atoms with Gasteiger partial charge in [-0.1, -0.05) is 20.8 Å². The smallest absolute Gasteiger partial charge is 0.303 e. The Hall–Kier alpha value is -1.27. The summed E-state index contributed by atoms with van der Waals surface area (Å²) in [4.78, 5) is 36.5. The van der Waals surface area contributed by atoms with Crippen LogP contribution in [0.4, 0.5) is 0 Å². The Morgan fingerprint density at radius 3 is 2.53 bits per heavy atom.